The second kappa shape index (κ2) is 5.83. The van der Waals surface area contributed by atoms with Gasteiger partial charge in [-0.05, 0) is 46.2 Å². The summed E-state index contributed by atoms with van der Waals surface area (Å²) in [6.45, 7) is 6.91. The number of aliphatic carboxylic acids is 1. The van der Waals surface area contributed by atoms with Crippen molar-refractivity contribution in [3.05, 3.63) is 29.3 Å². The summed E-state index contributed by atoms with van der Waals surface area (Å²) < 4.78 is 0. The maximum atomic E-state index is 11.1. The number of aromatic hydroxyl groups is 1. The molecule has 1 aromatic rings. The van der Waals surface area contributed by atoms with Crippen molar-refractivity contribution in [2.75, 3.05) is 6.54 Å². The normalized spacial score (nSPS) is 25.4. The first-order valence-corrected chi connectivity index (χ1v) is 7.18. The van der Waals surface area contributed by atoms with Gasteiger partial charge in [0, 0.05) is 17.6 Å². The molecular formula is C16H23NO3. The topological polar surface area (TPSA) is 60.8 Å². The van der Waals surface area contributed by atoms with E-state index in [1.165, 1.54) is 0 Å². The van der Waals surface area contributed by atoms with Crippen LogP contribution in [0.2, 0.25) is 0 Å². The van der Waals surface area contributed by atoms with Gasteiger partial charge in [-0.3, -0.25) is 9.69 Å². The molecule has 3 unspecified atom stereocenters. The van der Waals surface area contributed by atoms with E-state index >= 15 is 0 Å². The molecule has 0 aromatic heterocycles. The van der Waals surface area contributed by atoms with Gasteiger partial charge in [0.2, 0.25) is 0 Å². The number of hydrogen-bond donors (Lipinski definition) is 2. The highest BCUT2D eigenvalue weighted by Crippen LogP contribution is 2.34. The molecule has 4 nitrogen and oxygen atoms in total. The molecule has 0 spiro atoms. The lowest BCUT2D eigenvalue weighted by molar-refractivity contribution is -0.144. The Labute approximate surface area is 120 Å². The molecule has 1 aliphatic rings. The lowest BCUT2D eigenvalue weighted by atomic mass is 9.89. The van der Waals surface area contributed by atoms with Crippen molar-refractivity contribution >= 4 is 5.97 Å². The van der Waals surface area contributed by atoms with Crippen molar-refractivity contribution in [2.24, 2.45) is 5.92 Å². The first kappa shape index (κ1) is 14.9. The van der Waals surface area contributed by atoms with Crippen molar-refractivity contribution in [3.63, 3.8) is 0 Å². The van der Waals surface area contributed by atoms with Gasteiger partial charge < -0.3 is 10.2 Å². The van der Waals surface area contributed by atoms with Crippen LogP contribution in [-0.2, 0) is 4.79 Å². The summed E-state index contributed by atoms with van der Waals surface area (Å²) in [5, 5.41) is 19.2. The monoisotopic (exact) mass is 277 g/mol. The number of hydrogen-bond acceptors (Lipinski definition) is 3. The molecule has 0 saturated carbocycles. The fourth-order valence-corrected chi connectivity index (χ4v) is 3.18. The number of carbonyl (C=O) groups is 1. The van der Waals surface area contributed by atoms with E-state index in [0.29, 0.717) is 18.6 Å². The fourth-order valence-electron chi connectivity index (χ4n) is 3.18. The molecular weight excluding hydrogens is 254 g/mol. The van der Waals surface area contributed by atoms with Gasteiger partial charge >= 0.3 is 5.97 Å². The van der Waals surface area contributed by atoms with Crippen LogP contribution >= 0.6 is 0 Å². The highest BCUT2D eigenvalue weighted by atomic mass is 16.4. The molecule has 0 radical (unpaired) electrons. The number of likely N-dealkylation sites (tertiary alicyclic amines) is 1. The molecule has 4 heteroatoms. The van der Waals surface area contributed by atoms with E-state index in [1.54, 1.807) is 6.07 Å². The summed E-state index contributed by atoms with van der Waals surface area (Å²) in [6, 6.07) is 5.94. The standard InChI is InChI=1S/C16H23NO3/c1-10-4-5-15(18)14(8-10)12(3)17-7-6-13(16(19)20)9-11(17)2/h4-5,8,11-13,18H,6-7,9H2,1-3H3,(H,19,20). The molecule has 1 heterocycles. The Morgan fingerprint density at radius 1 is 1.45 bits per heavy atom. The largest absolute Gasteiger partial charge is 0.508 e. The van der Waals surface area contributed by atoms with Crippen LogP contribution in [0.5, 0.6) is 5.75 Å². The number of nitrogens with zero attached hydrogens (tertiary/aromatic N) is 1. The Morgan fingerprint density at radius 2 is 2.15 bits per heavy atom. The molecule has 1 saturated heterocycles. The van der Waals surface area contributed by atoms with E-state index in [2.05, 4.69) is 18.7 Å². The van der Waals surface area contributed by atoms with Crippen LogP contribution in [0.1, 0.15) is 43.9 Å². The van der Waals surface area contributed by atoms with Gasteiger partial charge in [-0.25, -0.2) is 0 Å². The quantitative estimate of drug-likeness (QED) is 0.891. The van der Waals surface area contributed by atoms with Gasteiger partial charge in [-0.15, -0.1) is 0 Å². The Hall–Kier alpha value is -1.55. The van der Waals surface area contributed by atoms with E-state index in [-0.39, 0.29) is 18.0 Å². The Balaban J connectivity index is 2.15. The van der Waals surface area contributed by atoms with E-state index in [0.717, 1.165) is 17.7 Å². The maximum absolute atomic E-state index is 11.1. The SMILES string of the molecule is Cc1ccc(O)c(C(C)N2CCC(C(=O)O)CC2C)c1. The van der Waals surface area contributed by atoms with E-state index in [1.807, 2.05) is 19.1 Å². The van der Waals surface area contributed by atoms with Crippen LogP contribution in [0.3, 0.4) is 0 Å². The number of piperidine rings is 1. The maximum Gasteiger partial charge on any atom is 0.306 e. The van der Waals surface area contributed by atoms with Gasteiger partial charge in [-0.2, -0.15) is 0 Å². The zero-order valence-electron chi connectivity index (χ0n) is 12.3. The lowest BCUT2D eigenvalue weighted by Crippen LogP contribution is -2.43. The lowest BCUT2D eigenvalue weighted by Gasteiger charge is -2.40. The molecule has 110 valence electrons. The van der Waals surface area contributed by atoms with Crippen LogP contribution < -0.4 is 0 Å². The predicted molar refractivity (Wildman–Crippen MR) is 77.8 cm³/mol. The number of aryl methyl sites for hydroxylation is 1. The van der Waals surface area contributed by atoms with Crippen LogP contribution in [0.4, 0.5) is 0 Å². The smallest absolute Gasteiger partial charge is 0.306 e. The summed E-state index contributed by atoms with van der Waals surface area (Å²) in [5.74, 6) is -0.613. The molecule has 20 heavy (non-hydrogen) atoms. The second-order valence-electron chi connectivity index (χ2n) is 5.88. The average Bonchev–Trinajstić information content (AvgIpc) is 2.40. The van der Waals surface area contributed by atoms with Crippen LogP contribution in [-0.4, -0.2) is 33.7 Å². The highest BCUT2D eigenvalue weighted by Gasteiger charge is 2.33. The number of benzene rings is 1. The predicted octanol–water partition coefficient (Wildman–Crippen LogP) is 2.95. The number of phenols is 1. The van der Waals surface area contributed by atoms with Crippen LogP contribution in [0.25, 0.3) is 0 Å². The van der Waals surface area contributed by atoms with Crippen molar-refractivity contribution in [2.45, 2.75) is 45.7 Å². The summed E-state index contributed by atoms with van der Waals surface area (Å²) >= 11 is 0. The third-order valence-electron chi connectivity index (χ3n) is 4.41. The number of carboxylic acid groups (broad SMARTS) is 1. The second-order valence-corrected chi connectivity index (χ2v) is 5.88. The van der Waals surface area contributed by atoms with E-state index < -0.39 is 5.97 Å². The van der Waals surface area contributed by atoms with Crippen molar-refractivity contribution in [1.82, 2.24) is 4.90 Å². The first-order chi connectivity index (χ1) is 9.40. The number of carboxylic acids is 1. The molecule has 1 fully saturated rings. The van der Waals surface area contributed by atoms with Crippen molar-refractivity contribution in [1.29, 1.82) is 0 Å². The highest BCUT2D eigenvalue weighted by molar-refractivity contribution is 5.70. The molecule has 1 aliphatic heterocycles. The van der Waals surface area contributed by atoms with Crippen molar-refractivity contribution < 1.29 is 15.0 Å². The minimum Gasteiger partial charge on any atom is -0.508 e. The Morgan fingerprint density at radius 3 is 2.75 bits per heavy atom. The Bertz CT molecular complexity index is 500. The van der Waals surface area contributed by atoms with Crippen molar-refractivity contribution in [3.8, 4) is 5.75 Å². The third kappa shape index (κ3) is 2.96. The molecule has 0 aliphatic carbocycles. The van der Waals surface area contributed by atoms with Gasteiger partial charge in [0.25, 0.3) is 0 Å². The first-order valence-electron chi connectivity index (χ1n) is 7.18. The Kier molecular flexibility index (Phi) is 4.33. The fraction of sp³-hybridized carbons (Fsp3) is 0.562. The van der Waals surface area contributed by atoms with E-state index in [9.17, 15) is 9.90 Å². The minimum atomic E-state index is -0.692. The summed E-state index contributed by atoms with van der Waals surface area (Å²) in [7, 11) is 0. The third-order valence-corrected chi connectivity index (χ3v) is 4.41. The molecule has 0 bridgehead atoms. The zero-order valence-corrected chi connectivity index (χ0v) is 12.3. The molecule has 2 N–H and O–H groups in total. The zero-order chi connectivity index (χ0) is 14.9. The summed E-state index contributed by atoms with van der Waals surface area (Å²) in [6.07, 6.45) is 1.35. The van der Waals surface area contributed by atoms with Crippen LogP contribution in [0.15, 0.2) is 18.2 Å². The minimum absolute atomic E-state index is 0.0969. The summed E-state index contributed by atoms with van der Waals surface area (Å²) in [5.41, 5.74) is 2.04. The number of rotatable bonds is 3. The number of phenolic OH excluding ortho intramolecular Hbond substituents is 1. The molecule has 1 aromatic carbocycles. The molecule has 2 rings (SSSR count). The van der Waals surface area contributed by atoms with Crippen LogP contribution in [0, 0.1) is 12.8 Å². The summed E-state index contributed by atoms with van der Waals surface area (Å²) in [4.78, 5) is 13.4. The average molecular weight is 277 g/mol. The van der Waals surface area contributed by atoms with Gasteiger partial charge in [0.1, 0.15) is 5.75 Å². The van der Waals surface area contributed by atoms with Gasteiger partial charge in [-0.1, -0.05) is 17.7 Å². The molecule has 0 amide bonds. The van der Waals surface area contributed by atoms with Gasteiger partial charge in [0.05, 0.1) is 5.92 Å². The van der Waals surface area contributed by atoms with E-state index in [4.69, 9.17) is 5.11 Å². The van der Waals surface area contributed by atoms with Gasteiger partial charge in [0.15, 0.2) is 0 Å². The molecule has 3 atom stereocenters.